The van der Waals surface area contributed by atoms with E-state index >= 15 is 0 Å². The number of nitrogens with one attached hydrogen (secondary N) is 1. The number of nitrogens with zero attached hydrogens (tertiary/aromatic N) is 1. The molecule has 16 heavy (non-hydrogen) atoms. The van der Waals surface area contributed by atoms with E-state index in [4.69, 9.17) is 11.6 Å². The molecule has 0 radical (unpaired) electrons. The van der Waals surface area contributed by atoms with Gasteiger partial charge >= 0.3 is 5.97 Å². The number of ether oxygens (including phenoxy) is 1. The second kappa shape index (κ2) is 6.73. The van der Waals surface area contributed by atoms with Crippen molar-refractivity contribution in [2.45, 2.75) is 11.1 Å². The van der Waals surface area contributed by atoms with Crippen LogP contribution in [0.5, 0.6) is 0 Å². The van der Waals surface area contributed by atoms with Gasteiger partial charge in [-0.05, 0) is 19.2 Å². The van der Waals surface area contributed by atoms with Crippen molar-refractivity contribution in [1.29, 1.82) is 0 Å². The predicted molar refractivity (Wildman–Crippen MR) is 64.8 cm³/mol. The Morgan fingerprint density at radius 2 is 2.50 bits per heavy atom. The minimum absolute atomic E-state index is 0.290. The number of carbonyl (C=O) groups excluding carboxylic acids is 1. The molecule has 0 aliphatic carbocycles. The standard InChI is InChI=1S/C10H13ClN2O2S/c1-12-8(10(14)15-2)6-16-9-7(11)4-3-5-13-9/h3-5,8,12H,6H2,1-2H3. The van der Waals surface area contributed by atoms with Gasteiger partial charge in [-0.25, -0.2) is 4.98 Å². The van der Waals surface area contributed by atoms with Crippen molar-refractivity contribution in [1.82, 2.24) is 10.3 Å². The first-order valence-electron chi connectivity index (χ1n) is 4.67. The van der Waals surface area contributed by atoms with Crippen LogP contribution in [0.1, 0.15) is 0 Å². The van der Waals surface area contributed by atoms with E-state index in [1.165, 1.54) is 18.9 Å². The molecule has 88 valence electrons. The summed E-state index contributed by atoms with van der Waals surface area (Å²) < 4.78 is 4.65. The maximum absolute atomic E-state index is 11.3. The summed E-state index contributed by atoms with van der Waals surface area (Å²) in [5, 5.41) is 4.18. The lowest BCUT2D eigenvalue weighted by Gasteiger charge is -2.12. The monoisotopic (exact) mass is 260 g/mol. The van der Waals surface area contributed by atoms with Crippen molar-refractivity contribution in [3.63, 3.8) is 0 Å². The minimum Gasteiger partial charge on any atom is -0.468 e. The van der Waals surface area contributed by atoms with E-state index in [0.717, 1.165) is 0 Å². The normalized spacial score (nSPS) is 12.2. The van der Waals surface area contributed by atoms with Gasteiger partial charge in [0.25, 0.3) is 0 Å². The molecule has 1 atom stereocenters. The number of likely N-dealkylation sites (N-methyl/N-ethyl adjacent to an activating group) is 1. The third-order valence-corrected chi connectivity index (χ3v) is 3.46. The fourth-order valence-corrected chi connectivity index (χ4v) is 2.30. The Balaban J connectivity index is 2.56. The lowest BCUT2D eigenvalue weighted by atomic mass is 10.3. The summed E-state index contributed by atoms with van der Waals surface area (Å²) in [6.45, 7) is 0. The summed E-state index contributed by atoms with van der Waals surface area (Å²) in [4.78, 5) is 15.4. The van der Waals surface area contributed by atoms with Gasteiger partial charge in [-0.2, -0.15) is 0 Å². The van der Waals surface area contributed by atoms with E-state index in [-0.39, 0.29) is 12.0 Å². The Labute approximate surface area is 104 Å². The van der Waals surface area contributed by atoms with Crippen LogP contribution in [0.15, 0.2) is 23.4 Å². The molecule has 0 saturated carbocycles. The maximum Gasteiger partial charge on any atom is 0.323 e. The zero-order valence-electron chi connectivity index (χ0n) is 9.07. The highest BCUT2D eigenvalue weighted by Crippen LogP contribution is 2.24. The molecule has 0 bridgehead atoms. The molecule has 4 nitrogen and oxygen atoms in total. The Kier molecular flexibility index (Phi) is 5.59. The van der Waals surface area contributed by atoms with E-state index in [0.29, 0.717) is 15.8 Å². The second-order valence-electron chi connectivity index (χ2n) is 2.97. The van der Waals surface area contributed by atoms with Crippen LogP contribution < -0.4 is 5.32 Å². The van der Waals surface area contributed by atoms with E-state index in [9.17, 15) is 4.79 Å². The van der Waals surface area contributed by atoms with Crippen molar-refractivity contribution in [2.24, 2.45) is 0 Å². The highest BCUT2D eigenvalue weighted by molar-refractivity contribution is 7.99. The Morgan fingerprint density at radius 3 is 3.06 bits per heavy atom. The van der Waals surface area contributed by atoms with Crippen molar-refractivity contribution >= 4 is 29.3 Å². The smallest absolute Gasteiger partial charge is 0.323 e. The number of rotatable bonds is 5. The molecule has 1 rings (SSSR count). The van der Waals surface area contributed by atoms with Crippen LogP contribution in [0.25, 0.3) is 0 Å². The Hall–Kier alpha value is -0.780. The third kappa shape index (κ3) is 3.66. The number of hydrogen-bond acceptors (Lipinski definition) is 5. The van der Waals surface area contributed by atoms with Crippen LogP contribution in [0.4, 0.5) is 0 Å². The molecule has 0 aromatic carbocycles. The summed E-state index contributed by atoms with van der Waals surface area (Å²) in [5.74, 6) is 0.238. The van der Waals surface area contributed by atoms with Crippen molar-refractivity contribution in [2.75, 3.05) is 19.9 Å². The zero-order chi connectivity index (χ0) is 12.0. The number of esters is 1. The summed E-state index contributed by atoms with van der Waals surface area (Å²) in [6.07, 6.45) is 1.67. The van der Waals surface area contributed by atoms with Crippen LogP contribution in [-0.2, 0) is 9.53 Å². The van der Waals surface area contributed by atoms with Gasteiger partial charge in [-0.3, -0.25) is 4.79 Å². The molecule has 0 saturated heterocycles. The summed E-state index contributed by atoms with van der Waals surface area (Å²) in [6, 6.07) is 3.18. The maximum atomic E-state index is 11.3. The highest BCUT2D eigenvalue weighted by Gasteiger charge is 2.17. The van der Waals surface area contributed by atoms with Crippen LogP contribution in [0.2, 0.25) is 5.02 Å². The molecule has 0 spiro atoms. The number of pyridine rings is 1. The van der Waals surface area contributed by atoms with Gasteiger partial charge in [0.15, 0.2) is 0 Å². The SMILES string of the molecule is CNC(CSc1ncccc1Cl)C(=O)OC. The molecule has 0 fully saturated rings. The highest BCUT2D eigenvalue weighted by atomic mass is 35.5. The van der Waals surface area contributed by atoms with Gasteiger partial charge in [-0.15, -0.1) is 11.8 Å². The predicted octanol–water partition coefficient (Wildman–Crippen LogP) is 1.59. The first kappa shape index (κ1) is 13.3. The number of methoxy groups -OCH3 is 1. The summed E-state index contributed by atoms with van der Waals surface area (Å²) in [5.41, 5.74) is 0. The third-order valence-electron chi connectivity index (χ3n) is 1.95. The fraction of sp³-hybridized carbons (Fsp3) is 0.400. The number of aromatic nitrogens is 1. The molecule has 1 unspecified atom stereocenters. The van der Waals surface area contributed by atoms with E-state index in [1.54, 1.807) is 25.4 Å². The summed E-state index contributed by atoms with van der Waals surface area (Å²) in [7, 11) is 3.08. The van der Waals surface area contributed by atoms with Crippen LogP contribution in [0.3, 0.4) is 0 Å². The van der Waals surface area contributed by atoms with Crippen molar-refractivity contribution < 1.29 is 9.53 Å². The van der Waals surface area contributed by atoms with Gasteiger partial charge in [0.05, 0.1) is 12.1 Å². The van der Waals surface area contributed by atoms with Gasteiger partial charge < -0.3 is 10.1 Å². The topological polar surface area (TPSA) is 51.2 Å². The lowest BCUT2D eigenvalue weighted by molar-refractivity contribution is -0.142. The molecular formula is C10H13ClN2O2S. The van der Waals surface area contributed by atoms with E-state index in [1.807, 2.05) is 0 Å². The fourth-order valence-electron chi connectivity index (χ4n) is 1.05. The Morgan fingerprint density at radius 1 is 1.75 bits per heavy atom. The van der Waals surface area contributed by atoms with Gasteiger partial charge in [0.2, 0.25) is 0 Å². The molecule has 0 aliphatic heterocycles. The molecule has 1 N–H and O–H groups in total. The first-order chi connectivity index (χ1) is 7.69. The second-order valence-corrected chi connectivity index (χ2v) is 4.38. The van der Waals surface area contributed by atoms with Crippen LogP contribution in [0, 0.1) is 0 Å². The molecule has 6 heteroatoms. The van der Waals surface area contributed by atoms with Crippen LogP contribution in [-0.4, -0.2) is 36.9 Å². The largest absolute Gasteiger partial charge is 0.468 e. The average molecular weight is 261 g/mol. The van der Waals surface area contributed by atoms with Gasteiger partial charge in [0.1, 0.15) is 11.1 Å². The number of halogens is 1. The van der Waals surface area contributed by atoms with Crippen molar-refractivity contribution in [3.8, 4) is 0 Å². The van der Waals surface area contributed by atoms with E-state index < -0.39 is 0 Å². The van der Waals surface area contributed by atoms with Gasteiger partial charge in [0, 0.05) is 11.9 Å². The molecule has 0 amide bonds. The summed E-state index contributed by atoms with van der Waals surface area (Å²) >= 11 is 7.36. The molecule has 1 aromatic rings. The number of thioether (sulfide) groups is 1. The van der Waals surface area contributed by atoms with Gasteiger partial charge in [-0.1, -0.05) is 11.6 Å². The van der Waals surface area contributed by atoms with Crippen LogP contribution >= 0.6 is 23.4 Å². The molecule has 0 aliphatic rings. The molecule has 1 aromatic heterocycles. The van der Waals surface area contributed by atoms with Crippen molar-refractivity contribution in [3.05, 3.63) is 23.4 Å². The molecule has 1 heterocycles. The zero-order valence-corrected chi connectivity index (χ0v) is 10.6. The quantitative estimate of drug-likeness (QED) is 0.644. The lowest BCUT2D eigenvalue weighted by Crippen LogP contribution is -2.37. The van der Waals surface area contributed by atoms with E-state index in [2.05, 4.69) is 15.0 Å². The number of hydrogen-bond donors (Lipinski definition) is 1. The number of carbonyl (C=O) groups is 1. The average Bonchev–Trinajstić information content (AvgIpc) is 2.31. The first-order valence-corrected chi connectivity index (χ1v) is 6.03. The Bertz CT molecular complexity index is 362. The molecular weight excluding hydrogens is 248 g/mol. The minimum atomic E-state index is -0.354.